The fraction of sp³-hybridized carbons (Fsp3) is 0.455. The van der Waals surface area contributed by atoms with Crippen LogP contribution in [0.15, 0.2) is 23.1 Å². The zero-order chi connectivity index (χ0) is 17.0. The fourth-order valence-electron chi connectivity index (χ4n) is 1.58. The lowest BCUT2D eigenvalue weighted by molar-refractivity contribution is 0.196. The van der Waals surface area contributed by atoms with Gasteiger partial charge >= 0.3 is 0 Å². The van der Waals surface area contributed by atoms with Crippen LogP contribution in [0.25, 0.3) is 0 Å². The molecule has 0 aliphatic heterocycles. The lowest BCUT2D eigenvalue weighted by Gasteiger charge is -2.15. The minimum absolute atomic E-state index is 0.00713. The molecule has 1 aromatic rings. The third-order valence-electron chi connectivity index (χ3n) is 2.75. The van der Waals surface area contributed by atoms with Crippen LogP contribution in [0.3, 0.4) is 0 Å². The average molecular weight is 353 g/mol. The quantitative estimate of drug-likeness (QED) is 0.280. The largest absolute Gasteiger partial charge is 0.399 e. The molecule has 1 atom stereocenters. The predicted molar refractivity (Wildman–Crippen MR) is 82.9 cm³/mol. The van der Waals surface area contributed by atoms with Gasteiger partial charge < -0.3 is 21.9 Å². The summed E-state index contributed by atoms with van der Waals surface area (Å²) in [6.45, 7) is 0.00798. The molecule has 0 aliphatic carbocycles. The van der Waals surface area contributed by atoms with Crippen LogP contribution in [0.5, 0.6) is 0 Å². The van der Waals surface area contributed by atoms with Crippen LogP contribution in [0.1, 0.15) is 0 Å². The second-order valence-corrected chi connectivity index (χ2v) is 8.28. The van der Waals surface area contributed by atoms with Crippen LogP contribution in [0.2, 0.25) is 0 Å². The van der Waals surface area contributed by atoms with E-state index in [1.54, 1.807) is 0 Å². The molecule has 1 aromatic carbocycles. The normalized spacial score (nSPS) is 13.8. The van der Waals surface area contributed by atoms with Gasteiger partial charge in [-0.3, -0.25) is 4.55 Å². The summed E-state index contributed by atoms with van der Waals surface area (Å²) in [7, 11) is -8.40. The molecular formula is C11H19N3O6S2. The molecule has 0 heterocycles. The van der Waals surface area contributed by atoms with Crippen molar-refractivity contribution in [2.75, 3.05) is 35.6 Å². The average Bonchev–Trinajstić information content (AvgIpc) is 2.42. The lowest BCUT2D eigenvalue weighted by atomic mass is 10.2. The van der Waals surface area contributed by atoms with Crippen LogP contribution in [0, 0.1) is 0 Å². The number of hydrogen-bond donors (Lipinski definition) is 5. The molecule has 7 N–H and O–H groups in total. The van der Waals surface area contributed by atoms with Gasteiger partial charge in [0.05, 0.1) is 28.2 Å². The topological polar surface area (TPSA) is 173 Å². The Hall–Kier alpha value is -1.40. The second-order valence-electron chi connectivity index (χ2n) is 4.63. The summed E-state index contributed by atoms with van der Waals surface area (Å²) in [5.41, 5.74) is 11.2. The number of nitrogens with one attached hydrogen (secondary N) is 1. The number of aliphatic hydroxyl groups is 1. The summed E-state index contributed by atoms with van der Waals surface area (Å²) >= 11 is 0. The summed E-state index contributed by atoms with van der Waals surface area (Å²) < 4.78 is 54.5. The Bertz CT molecular complexity index is 717. The number of aliphatic hydroxyl groups excluding tert-OH is 1. The molecule has 0 aromatic heterocycles. The molecule has 9 nitrogen and oxygen atoms in total. The van der Waals surface area contributed by atoms with Crippen molar-refractivity contribution < 1.29 is 26.5 Å². The number of nitrogen functional groups attached to an aromatic ring is 1. The van der Waals surface area contributed by atoms with Gasteiger partial charge in [0.15, 0.2) is 9.84 Å². The summed E-state index contributed by atoms with van der Waals surface area (Å²) in [4.78, 5) is -0.208. The molecule has 0 saturated heterocycles. The van der Waals surface area contributed by atoms with E-state index in [0.29, 0.717) is 0 Å². The van der Waals surface area contributed by atoms with Gasteiger partial charge in [0.1, 0.15) is 0 Å². The molecule has 11 heteroatoms. The lowest BCUT2D eigenvalue weighted by Crippen LogP contribution is -2.28. The molecule has 0 bridgehead atoms. The van der Waals surface area contributed by atoms with Crippen molar-refractivity contribution in [2.45, 2.75) is 11.0 Å². The molecule has 0 amide bonds. The van der Waals surface area contributed by atoms with E-state index in [-0.39, 0.29) is 29.4 Å². The SMILES string of the molecule is NCC(O)CNc1ccc(N)cc1S(=O)(=O)CCS(=O)(=O)O. The second kappa shape index (κ2) is 7.24. The molecule has 22 heavy (non-hydrogen) atoms. The van der Waals surface area contributed by atoms with E-state index >= 15 is 0 Å². The Kier molecular flexibility index (Phi) is 6.14. The fourth-order valence-corrected chi connectivity index (χ4v) is 4.31. The Balaban J connectivity index is 3.07. The Morgan fingerprint density at radius 3 is 2.36 bits per heavy atom. The van der Waals surface area contributed by atoms with E-state index in [0.717, 1.165) is 0 Å². The molecule has 0 saturated carbocycles. The summed E-state index contributed by atoms with van der Waals surface area (Å²) in [5.74, 6) is -1.71. The van der Waals surface area contributed by atoms with Crippen LogP contribution < -0.4 is 16.8 Å². The van der Waals surface area contributed by atoms with Crippen molar-refractivity contribution in [3.63, 3.8) is 0 Å². The first-order chi connectivity index (χ1) is 10.0. The number of nitrogens with two attached hydrogens (primary N) is 2. The first-order valence-corrected chi connectivity index (χ1v) is 9.51. The van der Waals surface area contributed by atoms with Crippen LogP contribution in [-0.2, 0) is 20.0 Å². The highest BCUT2D eigenvalue weighted by Gasteiger charge is 2.22. The van der Waals surface area contributed by atoms with Crippen LogP contribution >= 0.6 is 0 Å². The predicted octanol–water partition coefficient (Wildman–Crippen LogP) is -1.34. The van der Waals surface area contributed by atoms with Crippen molar-refractivity contribution in [2.24, 2.45) is 5.73 Å². The van der Waals surface area contributed by atoms with Crippen molar-refractivity contribution in [1.29, 1.82) is 0 Å². The van der Waals surface area contributed by atoms with Crippen LogP contribution in [-0.4, -0.2) is 57.2 Å². The molecule has 0 aliphatic rings. The number of hydrogen-bond acceptors (Lipinski definition) is 8. The number of anilines is 2. The molecule has 0 spiro atoms. The van der Waals surface area contributed by atoms with Crippen molar-refractivity contribution in [3.8, 4) is 0 Å². The van der Waals surface area contributed by atoms with E-state index < -0.39 is 37.6 Å². The monoisotopic (exact) mass is 353 g/mol. The van der Waals surface area contributed by atoms with Gasteiger partial charge in [-0.25, -0.2) is 8.42 Å². The third kappa shape index (κ3) is 5.77. The highest BCUT2D eigenvalue weighted by molar-refractivity contribution is 7.93. The number of sulfone groups is 1. The van der Waals surface area contributed by atoms with Gasteiger partial charge in [0.25, 0.3) is 10.1 Å². The van der Waals surface area contributed by atoms with Gasteiger partial charge in [-0.05, 0) is 18.2 Å². The summed E-state index contributed by atoms with van der Waals surface area (Å²) in [6.07, 6.45) is -0.870. The van der Waals surface area contributed by atoms with Crippen molar-refractivity contribution in [3.05, 3.63) is 18.2 Å². The van der Waals surface area contributed by atoms with Gasteiger partial charge in [-0.2, -0.15) is 8.42 Å². The van der Waals surface area contributed by atoms with E-state index in [9.17, 15) is 21.9 Å². The van der Waals surface area contributed by atoms with Crippen molar-refractivity contribution >= 4 is 31.3 Å². The molecule has 0 radical (unpaired) electrons. The Labute approximate surface area is 129 Å². The molecule has 0 fully saturated rings. The van der Waals surface area contributed by atoms with Crippen LogP contribution in [0.4, 0.5) is 11.4 Å². The third-order valence-corrected chi connectivity index (χ3v) is 5.48. The molecule has 1 unspecified atom stereocenters. The van der Waals surface area contributed by atoms with E-state index in [4.69, 9.17) is 16.0 Å². The van der Waals surface area contributed by atoms with Gasteiger partial charge in [-0.1, -0.05) is 0 Å². The van der Waals surface area contributed by atoms with E-state index in [1.165, 1.54) is 18.2 Å². The number of rotatable bonds is 8. The van der Waals surface area contributed by atoms with Crippen molar-refractivity contribution in [1.82, 2.24) is 0 Å². The van der Waals surface area contributed by atoms with E-state index in [2.05, 4.69) is 5.32 Å². The zero-order valence-electron chi connectivity index (χ0n) is 11.6. The summed E-state index contributed by atoms with van der Waals surface area (Å²) in [5, 5.41) is 12.1. The Morgan fingerprint density at radius 1 is 1.18 bits per heavy atom. The van der Waals surface area contributed by atoms with Gasteiger partial charge in [0.2, 0.25) is 0 Å². The maximum Gasteiger partial charge on any atom is 0.265 e. The zero-order valence-corrected chi connectivity index (χ0v) is 13.3. The van der Waals surface area contributed by atoms with E-state index in [1.807, 2.05) is 0 Å². The minimum Gasteiger partial charge on any atom is -0.399 e. The molecule has 126 valence electrons. The maximum absolute atomic E-state index is 12.2. The molecular weight excluding hydrogens is 334 g/mol. The first kappa shape index (κ1) is 18.6. The van der Waals surface area contributed by atoms with Gasteiger partial charge in [-0.15, -0.1) is 0 Å². The highest BCUT2D eigenvalue weighted by Crippen LogP contribution is 2.25. The highest BCUT2D eigenvalue weighted by atomic mass is 32.2. The van der Waals surface area contributed by atoms with Gasteiger partial charge in [0, 0.05) is 18.8 Å². The minimum atomic E-state index is -4.41. The standard InChI is InChI=1S/C11H19N3O6S2/c12-6-9(15)7-14-10-2-1-8(13)5-11(10)21(16,17)3-4-22(18,19)20/h1-2,5,9,14-15H,3-4,6-7,12-13H2,(H,18,19,20). The maximum atomic E-state index is 12.2. The Morgan fingerprint density at radius 2 is 1.82 bits per heavy atom. The smallest absolute Gasteiger partial charge is 0.265 e. The number of benzene rings is 1. The first-order valence-electron chi connectivity index (χ1n) is 6.24. The summed E-state index contributed by atoms with van der Waals surface area (Å²) in [6, 6.07) is 4.04. The molecule has 1 rings (SSSR count).